The fourth-order valence-electron chi connectivity index (χ4n) is 1.79. The molecule has 2 nitrogen and oxygen atoms in total. The second-order valence-electron chi connectivity index (χ2n) is 4.15. The Morgan fingerprint density at radius 3 is 2.48 bits per heavy atom. The smallest absolute Gasteiger partial charge is 0.195 e. The molecule has 2 aromatic carbocycles. The van der Waals surface area contributed by atoms with Gasteiger partial charge in [-0.25, -0.2) is 0 Å². The zero-order valence-corrected chi connectivity index (χ0v) is 14.8. The molecule has 0 saturated carbocycles. The third-order valence-corrected chi connectivity index (χ3v) is 4.27. The van der Waals surface area contributed by atoms with E-state index in [2.05, 4.69) is 15.9 Å². The van der Waals surface area contributed by atoms with Gasteiger partial charge in [-0.15, -0.1) is 0 Å². The largest absolute Gasteiger partial charge is 0.492 e. The number of hydrogen-bond acceptors (Lipinski definition) is 2. The van der Waals surface area contributed by atoms with Crippen LogP contribution in [0.4, 0.5) is 0 Å². The maximum atomic E-state index is 12.6. The van der Waals surface area contributed by atoms with Crippen molar-refractivity contribution in [2.45, 2.75) is 6.92 Å². The van der Waals surface area contributed by atoms with Crippen molar-refractivity contribution >= 4 is 56.5 Å². The molecule has 0 aliphatic carbocycles. The second kappa shape index (κ2) is 7.01. The normalized spacial score (nSPS) is 10.5. The summed E-state index contributed by atoms with van der Waals surface area (Å²) in [7, 11) is 0. The number of carbonyl (C=O) groups is 1. The van der Waals surface area contributed by atoms with Crippen molar-refractivity contribution in [1.82, 2.24) is 0 Å². The van der Waals surface area contributed by atoms with Gasteiger partial charge in [0.2, 0.25) is 0 Å². The monoisotopic (exact) mass is 406 g/mol. The van der Waals surface area contributed by atoms with Crippen molar-refractivity contribution in [3.05, 3.63) is 61.0 Å². The minimum atomic E-state index is -0.265. The topological polar surface area (TPSA) is 26.3 Å². The standard InChI is InChI=1S/C15H10BrCl3O2/c1-2-21-14-7-12(18)10(6-13(14)19)15(20)9-5-8(17)3-4-11(9)16/h3-7H,2H2,1H3. The molecule has 110 valence electrons. The van der Waals surface area contributed by atoms with Gasteiger partial charge >= 0.3 is 0 Å². The highest BCUT2D eigenvalue weighted by Gasteiger charge is 2.18. The molecular formula is C15H10BrCl3O2. The molecule has 0 radical (unpaired) electrons. The molecule has 0 atom stereocenters. The summed E-state index contributed by atoms with van der Waals surface area (Å²) in [5.74, 6) is 0.185. The summed E-state index contributed by atoms with van der Waals surface area (Å²) in [5, 5.41) is 1.08. The fourth-order valence-corrected chi connectivity index (χ4v) is 2.84. The fraction of sp³-hybridized carbons (Fsp3) is 0.133. The Labute approximate surface area is 146 Å². The van der Waals surface area contributed by atoms with Gasteiger partial charge in [-0.1, -0.05) is 50.7 Å². The molecule has 2 rings (SSSR count). The van der Waals surface area contributed by atoms with E-state index in [1.807, 2.05) is 6.92 Å². The van der Waals surface area contributed by atoms with Crippen LogP contribution in [0.5, 0.6) is 5.75 Å². The van der Waals surface area contributed by atoms with Gasteiger partial charge in [0.05, 0.1) is 16.7 Å². The average Bonchev–Trinajstić information content (AvgIpc) is 2.44. The summed E-state index contributed by atoms with van der Waals surface area (Å²) >= 11 is 21.5. The lowest BCUT2D eigenvalue weighted by atomic mass is 10.0. The predicted molar refractivity (Wildman–Crippen MR) is 90.2 cm³/mol. The van der Waals surface area contributed by atoms with Gasteiger partial charge in [0.25, 0.3) is 0 Å². The zero-order chi connectivity index (χ0) is 15.6. The molecule has 0 spiro atoms. The van der Waals surface area contributed by atoms with Crippen LogP contribution < -0.4 is 4.74 Å². The number of carbonyl (C=O) groups excluding carboxylic acids is 1. The third kappa shape index (κ3) is 3.72. The summed E-state index contributed by atoms with van der Waals surface area (Å²) in [6, 6.07) is 8.02. The first kappa shape index (κ1) is 16.6. The van der Waals surface area contributed by atoms with E-state index in [-0.39, 0.29) is 10.8 Å². The number of benzene rings is 2. The van der Waals surface area contributed by atoms with Crippen LogP contribution in [0.1, 0.15) is 22.8 Å². The van der Waals surface area contributed by atoms with Crippen molar-refractivity contribution in [2.24, 2.45) is 0 Å². The molecule has 0 aromatic heterocycles. The van der Waals surface area contributed by atoms with E-state index in [1.54, 1.807) is 24.3 Å². The molecule has 2 aromatic rings. The van der Waals surface area contributed by atoms with Crippen molar-refractivity contribution in [3.63, 3.8) is 0 Å². The van der Waals surface area contributed by atoms with Gasteiger partial charge in [-0.05, 0) is 31.2 Å². The Balaban J connectivity index is 2.49. The average molecular weight is 409 g/mol. The quantitative estimate of drug-likeness (QED) is 0.577. The molecule has 0 amide bonds. The first-order chi connectivity index (χ1) is 9.93. The first-order valence-corrected chi connectivity index (χ1v) is 7.98. The Bertz CT molecular complexity index is 702. The van der Waals surface area contributed by atoms with Crippen LogP contribution in [0.25, 0.3) is 0 Å². The summed E-state index contributed by atoms with van der Waals surface area (Å²) in [5.41, 5.74) is 0.720. The highest BCUT2D eigenvalue weighted by Crippen LogP contribution is 2.33. The van der Waals surface area contributed by atoms with Crippen LogP contribution >= 0.6 is 50.7 Å². The molecule has 0 fully saturated rings. The van der Waals surface area contributed by atoms with Gasteiger partial charge in [0.1, 0.15) is 5.75 Å². The van der Waals surface area contributed by atoms with Crippen LogP contribution in [0.3, 0.4) is 0 Å². The summed E-state index contributed by atoms with van der Waals surface area (Å²) in [6.45, 7) is 2.30. The van der Waals surface area contributed by atoms with Crippen molar-refractivity contribution < 1.29 is 9.53 Å². The molecule has 0 bridgehead atoms. The zero-order valence-electron chi connectivity index (χ0n) is 10.9. The summed E-state index contributed by atoms with van der Waals surface area (Å²) in [6.07, 6.45) is 0. The summed E-state index contributed by atoms with van der Waals surface area (Å²) < 4.78 is 5.98. The lowest BCUT2D eigenvalue weighted by Crippen LogP contribution is -2.04. The number of rotatable bonds is 4. The van der Waals surface area contributed by atoms with Gasteiger partial charge in [0, 0.05) is 26.7 Å². The molecule has 0 saturated heterocycles. The van der Waals surface area contributed by atoms with Crippen molar-refractivity contribution in [1.29, 1.82) is 0 Å². The summed E-state index contributed by atoms with van der Waals surface area (Å²) in [4.78, 5) is 12.6. The van der Waals surface area contributed by atoms with E-state index in [9.17, 15) is 4.79 Å². The number of ether oxygens (including phenoxy) is 1. The Hall–Kier alpha value is -0.740. The maximum absolute atomic E-state index is 12.6. The molecule has 0 aliphatic rings. The van der Waals surface area contributed by atoms with Crippen molar-refractivity contribution in [3.8, 4) is 5.75 Å². The Morgan fingerprint density at radius 1 is 1.10 bits per heavy atom. The van der Waals surface area contributed by atoms with Crippen LogP contribution in [-0.4, -0.2) is 12.4 Å². The Morgan fingerprint density at radius 2 is 1.81 bits per heavy atom. The Kier molecular flexibility index (Phi) is 5.55. The highest BCUT2D eigenvalue weighted by molar-refractivity contribution is 9.10. The SMILES string of the molecule is CCOc1cc(Cl)c(C(=O)c2cc(Cl)ccc2Br)cc1Cl. The van der Waals surface area contributed by atoms with E-state index in [1.165, 1.54) is 6.07 Å². The number of hydrogen-bond donors (Lipinski definition) is 0. The molecule has 6 heteroatoms. The molecular weight excluding hydrogens is 398 g/mol. The van der Waals surface area contributed by atoms with Crippen LogP contribution in [-0.2, 0) is 0 Å². The second-order valence-corrected chi connectivity index (χ2v) is 6.25. The molecule has 0 unspecified atom stereocenters. The van der Waals surface area contributed by atoms with Crippen molar-refractivity contribution in [2.75, 3.05) is 6.61 Å². The lowest BCUT2D eigenvalue weighted by molar-refractivity contribution is 0.103. The van der Waals surface area contributed by atoms with E-state index in [4.69, 9.17) is 39.5 Å². The van der Waals surface area contributed by atoms with Crippen LogP contribution in [0, 0.1) is 0 Å². The molecule has 0 N–H and O–H groups in total. The number of ketones is 1. The van der Waals surface area contributed by atoms with Crippen LogP contribution in [0.15, 0.2) is 34.8 Å². The van der Waals surface area contributed by atoms with E-state index >= 15 is 0 Å². The van der Waals surface area contributed by atoms with E-state index in [0.717, 1.165) is 0 Å². The first-order valence-electron chi connectivity index (χ1n) is 6.05. The van der Waals surface area contributed by atoms with Gasteiger partial charge in [-0.2, -0.15) is 0 Å². The third-order valence-electron chi connectivity index (χ3n) is 2.74. The van der Waals surface area contributed by atoms with E-state index in [0.29, 0.717) is 38.0 Å². The van der Waals surface area contributed by atoms with Gasteiger partial charge in [-0.3, -0.25) is 4.79 Å². The molecule has 0 heterocycles. The predicted octanol–water partition coefficient (Wildman–Crippen LogP) is 6.04. The maximum Gasteiger partial charge on any atom is 0.195 e. The van der Waals surface area contributed by atoms with Gasteiger partial charge in [0.15, 0.2) is 5.78 Å². The van der Waals surface area contributed by atoms with E-state index < -0.39 is 0 Å². The minimum Gasteiger partial charge on any atom is -0.492 e. The molecule has 0 aliphatic heterocycles. The van der Waals surface area contributed by atoms with Gasteiger partial charge < -0.3 is 4.74 Å². The highest BCUT2D eigenvalue weighted by atomic mass is 79.9. The number of halogens is 4. The molecule has 21 heavy (non-hydrogen) atoms. The van der Waals surface area contributed by atoms with Crippen LogP contribution in [0.2, 0.25) is 15.1 Å². The lowest BCUT2D eigenvalue weighted by Gasteiger charge is -2.10. The minimum absolute atomic E-state index is 0.265.